The number of methoxy groups -OCH3 is 1. The van der Waals surface area contributed by atoms with Crippen LogP contribution in [0.4, 0.5) is 0 Å². The van der Waals surface area contributed by atoms with Crippen molar-refractivity contribution in [3.8, 4) is 11.5 Å². The maximum atomic E-state index is 12.4. The number of allylic oxidation sites excluding steroid dienone is 1. The summed E-state index contributed by atoms with van der Waals surface area (Å²) in [4.78, 5) is 29.1. The van der Waals surface area contributed by atoms with Gasteiger partial charge >= 0.3 is 5.97 Å². The fourth-order valence-electron chi connectivity index (χ4n) is 2.78. The Morgan fingerprint density at radius 1 is 1.20 bits per heavy atom. The number of hydrogen-bond acceptors (Lipinski definition) is 6. The highest BCUT2D eigenvalue weighted by atomic mass is 32.1. The van der Waals surface area contributed by atoms with Crippen LogP contribution in [0.2, 0.25) is 0 Å². The monoisotopic (exact) mass is 426 g/mol. The van der Waals surface area contributed by atoms with Gasteiger partial charge in [0.25, 0.3) is 5.91 Å². The summed E-state index contributed by atoms with van der Waals surface area (Å²) in [6.45, 7) is 6.11. The second-order valence-corrected chi connectivity index (χ2v) is 7.17. The molecule has 0 radical (unpaired) electrons. The third kappa shape index (κ3) is 4.96. The third-order valence-corrected chi connectivity index (χ3v) is 5.17. The number of benzene rings is 2. The number of ether oxygens (including phenoxy) is 3. The van der Waals surface area contributed by atoms with Gasteiger partial charge in [-0.1, -0.05) is 23.5 Å². The van der Waals surface area contributed by atoms with Crippen LogP contribution in [0.25, 0.3) is 10.2 Å². The average molecular weight is 426 g/mol. The summed E-state index contributed by atoms with van der Waals surface area (Å²) in [5, 5.41) is 0. The first-order valence-electron chi connectivity index (χ1n) is 9.31. The molecule has 0 aliphatic heterocycles. The van der Waals surface area contributed by atoms with E-state index in [0.29, 0.717) is 35.0 Å². The fourth-order valence-corrected chi connectivity index (χ4v) is 3.88. The minimum absolute atomic E-state index is 0.205. The van der Waals surface area contributed by atoms with E-state index < -0.39 is 5.91 Å². The molecule has 1 heterocycles. The summed E-state index contributed by atoms with van der Waals surface area (Å²) in [7, 11) is 1.56. The van der Waals surface area contributed by atoms with Crippen LogP contribution in [0.1, 0.15) is 17.3 Å². The van der Waals surface area contributed by atoms with E-state index in [1.165, 1.54) is 11.3 Å². The lowest BCUT2D eigenvalue weighted by atomic mass is 10.2. The highest BCUT2D eigenvalue weighted by Crippen LogP contribution is 2.21. The van der Waals surface area contributed by atoms with Gasteiger partial charge in [-0.3, -0.25) is 4.79 Å². The van der Waals surface area contributed by atoms with E-state index in [-0.39, 0.29) is 12.6 Å². The second-order valence-electron chi connectivity index (χ2n) is 6.16. The first kappa shape index (κ1) is 21.3. The van der Waals surface area contributed by atoms with Gasteiger partial charge in [-0.15, -0.1) is 6.58 Å². The molecule has 30 heavy (non-hydrogen) atoms. The lowest BCUT2D eigenvalue weighted by Crippen LogP contribution is -2.19. The lowest BCUT2D eigenvalue weighted by molar-refractivity contribution is -0.120. The number of hydrogen-bond donors (Lipinski definition) is 0. The minimum Gasteiger partial charge on any atom is -0.497 e. The Labute approximate surface area is 177 Å². The topological polar surface area (TPSA) is 79.1 Å². The first-order chi connectivity index (χ1) is 14.5. The second kappa shape index (κ2) is 9.89. The Bertz CT molecular complexity index is 1150. The zero-order chi connectivity index (χ0) is 21.5. The molecule has 0 atom stereocenters. The molecule has 0 spiro atoms. The summed E-state index contributed by atoms with van der Waals surface area (Å²) in [6.07, 6.45) is 1.72. The Morgan fingerprint density at radius 3 is 2.73 bits per heavy atom. The average Bonchev–Trinajstić information content (AvgIpc) is 3.09. The summed E-state index contributed by atoms with van der Waals surface area (Å²) < 4.78 is 18.4. The zero-order valence-electron chi connectivity index (χ0n) is 16.8. The van der Waals surface area contributed by atoms with E-state index in [4.69, 9.17) is 14.2 Å². The molecule has 0 fully saturated rings. The molecule has 7 nitrogen and oxygen atoms in total. The number of rotatable bonds is 8. The molecule has 0 saturated heterocycles. The first-order valence-corrected chi connectivity index (χ1v) is 10.1. The van der Waals surface area contributed by atoms with Crippen molar-refractivity contribution in [1.29, 1.82) is 0 Å². The molecular formula is C22H22N2O5S. The zero-order valence-corrected chi connectivity index (χ0v) is 17.6. The fraction of sp³-hybridized carbons (Fsp3) is 0.227. The van der Waals surface area contributed by atoms with Gasteiger partial charge in [0.2, 0.25) is 0 Å². The van der Waals surface area contributed by atoms with Gasteiger partial charge in [-0.25, -0.2) is 4.79 Å². The summed E-state index contributed by atoms with van der Waals surface area (Å²) in [6, 6.07) is 12.3. The summed E-state index contributed by atoms with van der Waals surface area (Å²) in [5.41, 5.74) is 1.31. The number of carbonyl (C=O) groups excluding carboxylic acids is 2. The molecule has 156 valence electrons. The number of nitrogens with zero attached hydrogens (tertiary/aromatic N) is 2. The smallest absolute Gasteiger partial charge is 0.338 e. The quantitative estimate of drug-likeness (QED) is 0.406. The van der Waals surface area contributed by atoms with Gasteiger partial charge < -0.3 is 18.8 Å². The van der Waals surface area contributed by atoms with Crippen LogP contribution in [0.5, 0.6) is 11.5 Å². The van der Waals surface area contributed by atoms with Crippen LogP contribution in [0.3, 0.4) is 0 Å². The SMILES string of the molecule is C=CCn1c(=NC(=O)COc2cccc(OC)c2)sc2cc(C(=O)OCC)ccc21. The molecule has 8 heteroatoms. The highest BCUT2D eigenvalue weighted by Gasteiger charge is 2.12. The van der Waals surface area contributed by atoms with Gasteiger partial charge in [0.1, 0.15) is 11.5 Å². The van der Waals surface area contributed by atoms with Gasteiger partial charge in [-0.2, -0.15) is 4.99 Å². The molecule has 2 aromatic carbocycles. The highest BCUT2D eigenvalue weighted by molar-refractivity contribution is 7.16. The van der Waals surface area contributed by atoms with E-state index >= 15 is 0 Å². The predicted molar refractivity (Wildman–Crippen MR) is 115 cm³/mol. The molecule has 0 aliphatic carbocycles. The van der Waals surface area contributed by atoms with Crippen LogP contribution in [-0.4, -0.2) is 36.8 Å². The Hall–Kier alpha value is -3.39. The number of aromatic nitrogens is 1. The Morgan fingerprint density at radius 2 is 2.00 bits per heavy atom. The van der Waals surface area contributed by atoms with Gasteiger partial charge in [0.15, 0.2) is 11.4 Å². The normalized spacial score (nSPS) is 11.3. The van der Waals surface area contributed by atoms with Crippen LogP contribution >= 0.6 is 11.3 Å². The van der Waals surface area contributed by atoms with Crippen molar-refractivity contribution in [2.75, 3.05) is 20.3 Å². The Balaban J connectivity index is 1.87. The molecule has 3 aromatic rings. The molecule has 0 aliphatic rings. The number of thiazole rings is 1. The van der Waals surface area contributed by atoms with Crippen molar-refractivity contribution in [3.63, 3.8) is 0 Å². The van der Waals surface area contributed by atoms with Crippen LogP contribution < -0.4 is 14.3 Å². The van der Waals surface area contributed by atoms with E-state index in [1.807, 2.05) is 10.6 Å². The maximum absolute atomic E-state index is 12.4. The summed E-state index contributed by atoms with van der Waals surface area (Å²) in [5.74, 6) is 0.354. The molecular weight excluding hydrogens is 404 g/mol. The number of carbonyl (C=O) groups is 2. The van der Waals surface area contributed by atoms with Crippen LogP contribution in [-0.2, 0) is 16.1 Å². The van der Waals surface area contributed by atoms with E-state index in [1.54, 1.807) is 56.5 Å². The molecule has 0 bridgehead atoms. The maximum Gasteiger partial charge on any atom is 0.338 e. The van der Waals surface area contributed by atoms with Crippen molar-refractivity contribution in [1.82, 2.24) is 4.57 Å². The van der Waals surface area contributed by atoms with Gasteiger partial charge in [0, 0.05) is 12.6 Å². The van der Waals surface area contributed by atoms with Gasteiger partial charge in [-0.05, 0) is 37.3 Å². The molecule has 1 aromatic heterocycles. The van der Waals surface area contributed by atoms with Crippen LogP contribution in [0.15, 0.2) is 60.1 Å². The third-order valence-electron chi connectivity index (χ3n) is 4.13. The molecule has 1 amide bonds. The van der Waals surface area contributed by atoms with Crippen molar-refractivity contribution < 1.29 is 23.8 Å². The summed E-state index contributed by atoms with van der Waals surface area (Å²) >= 11 is 1.31. The lowest BCUT2D eigenvalue weighted by Gasteiger charge is -2.05. The van der Waals surface area contributed by atoms with Gasteiger partial charge in [0.05, 0.1) is 29.5 Å². The van der Waals surface area contributed by atoms with E-state index in [9.17, 15) is 9.59 Å². The van der Waals surface area contributed by atoms with Crippen molar-refractivity contribution in [2.24, 2.45) is 4.99 Å². The van der Waals surface area contributed by atoms with Crippen LogP contribution in [0, 0.1) is 0 Å². The molecule has 0 saturated carbocycles. The minimum atomic E-state index is -0.423. The molecule has 0 unspecified atom stereocenters. The van der Waals surface area contributed by atoms with Crippen molar-refractivity contribution in [3.05, 3.63) is 65.5 Å². The molecule has 0 N–H and O–H groups in total. The van der Waals surface area contributed by atoms with E-state index in [0.717, 1.165) is 10.2 Å². The number of esters is 1. The molecule has 3 rings (SSSR count). The predicted octanol–water partition coefficient (Wildman–Crippen LogP) is 3.58. The Kier molecular flexibility index (Phi) is 7.03. The standard InChI is InChI=1S/C22H22N2O5S/c1-4-11-24-18-10-9-15(21(26)28-5-2)12-19(18)30-22(24)23-20(25)14-29-17-8-6-7-16(13-17)27-3/h4,6-10,12-13H,1,5,11,14H2,2-3H3. The van der Waals surface area contributed by atoms with Crippen molar-refractivity contribution >= 4 is 33.4 Å². The largest absolute Gasteiger partial charge is 0.497 e. The number of fused-ring (bicyclic) bond motifs is 1. The van der Waals surface area contributed by atoms with E-state index in [2.05, 4.69) is 11.6 Å². The van der Waals surface area contributed by atoms with Crippen molar-refractivity contribution in [2.45, 2.75) is 13.5 Å². The number of amides is 1.